The van der Waals surface area contributed by atoms with Gasteiger partial charge in [-0.3, -0.25) is 5.43 Å². The molecule has 0 saturated heterocycles. The van der Waals surface area contributed by atoms with Gasteiger partial charge in [-0.2, -0.15) is 0 Å². The minimum absolute atomic E-state index is 0.137. The van der Waals surface area contributed by atoms with Crippen LogP contribution in [0.1, 0.15) is 6.92 Å². The maximum absolute atomic E-state index is 11.7. The van der Waals surface area contributed by atoms with Crippen molar-refractivity contribution in [2.24, 2.45) is 5.10 Å². The molecule has 19 heavy (non-hydrogen) atoms. The minimum Gasteiger partial charge on any atom is -0.460 e. The van der Waals surface area contributed by atoms with E-state index in [-0.39, 0.29) is 12.4 Å². The first kappa shape index (κ1) is 15.6. The van der Waals surface area contributed by atoms with Gasteiger partial charge < -0.3 is 9.64 Å². The molecule has 0 fully saturated rings. The fraction of sp³-hybridized carbons (Fsp3) is 0.333. The number of hydrazone groups is 1. The molecule has 1 N–H and O–H groups in total. The van der Waals surface area contributed by atoms with Gasteiger partial charge in [-0.1, -0.05) is 23.2 Å². The van der Waals surface area contributed by atoms with Crippen LogP contribution in [0, 0.1) is 0 Å². The Morgan fingerprint density at radius 1 is 1.42 bits per heavy atom. The molecule has 0 aromatic heterocycles. The summed E-state index contributed by atoms with van der Waals surface area (Å²) in [6, 6.07) is 4.92. The highest BCUT2D eigenvalue weighted by Crippen LogP contribution is 2.25. The SMILES string of the molecule is CCOC(=O)C(=NNc1cc(Cl)ccc1Cl)N(C)C. The first-order valence-electron chi connectivity index (χ1n) is 5.59. The number of esters is 1. The molecule has 0 spiro atoms. The van der Waals surface area contributed by atoms with Crippen molar-refractivity contribution in [3.63, 3.8) is 0 Å². The van der Waals surface area contributed by atoms with E-state index in [1.807, 2.05) is 0 Å². The quantitative estimate of drug-likeness (QED) is 0.404. The Balaban J connectivity index is 2.92. The molecular formula is C12H15Cl2N3O2. The lowest BCUT2D eigenvalue weighted by Gasteiger charge is -2.14. The Morgan fingerprint density at radius 3 is 2.68 bits per heavy atom. The van der Waals surface area contributed by atoms with Crippen LogP contribution in [0.2, 0.25) is 10.0 Å². The monoisotopic (exact) mass is 303 g/mol. The molecule has 0 radical (unpaired) electrons. The molecule has 0 aliphatic heterocycles. The number of nitrogens with zero attached hydrogens (tertiary/aromatic N) is 2. The summed E-state index contributed by atoms with van der Waals surface area (Å²) in [5.41, 5.74) is 3.22. The van der Waals surface area contributed by atoms with Gasteiger partial charge in [0, 0.05) is 19.1 Å². The maximum atomic E-state index is 11.7. The van der Waals surface area contributed by atoms with Gasteiger partial charge in [0.05, 0.1) is 17.3 Å². The Labute approximate surface area is 122 Å². The smallest absolute Gasteiger partial charge is 0.375 e. The van der Waals surface area contributed by atoms with E-state index >= 15 is 0 Å². The van der Waals surface area contributed by atoms with Gasteiger partial charge in [0.1, 0.15) is 0 Å². The number of amidine groups is 1. The van der Waals surface area contributed by atoms with E-state index in [9.17, 15) is 4.79 Å². The van der Waals surface area contributed by atoms with E-state index in [1.165, 1.54) is 0 Å². The highest BCUT2D eigenvalue weighted by molar-refractivity contribution is 6.36. The van der Waals surface area contributed by atoms with Gasteiger partial charge in [-0.05, 0) is 25.1 Å². The number of benzene rings is 1. The van der Waals surface area contributed by atoms with Crippen LogP contribution in [0.3, 0.4) is 0 Å². The molecule has 0 bridgehead atoms. The van der Waals surface area contributed by atoms with Crippen molar-refractivity contribution < 1.29 is 9.53 Å². The van der Waals surface area contributed by atoms with Gasteiger partial charge in [0.2, 0.25) is 5.84 Å². The van der Waals surface area contributed by atoms with Gasteiger partial charge >= 0.3 is 5.97 Å². The van der Waals surface area contributed by atoms with E-state index < -0.39 is 5.97 Å². The third kappa shape index (κ3) is 4.61. The number of ether oxygens (including phenoxy) is 1. The summed E-state index contributed by atoms with van der Waals surface area (Å²) in [6.45, 7) is 2.01. The van der Waals surface area contributed by atoms with E-state index in [2.05, 4.69) is 10.5 Å². The molecule has 0 saturated carbocycles. The van der Waals surface area contributed by atoms with Crippen LogP contribution in [0.5, 0.6) is 0 Å². The lowest BCUT2D eigenvalue weighted by molar-refractivity contribution is -0.135. The van der Waals surface area contributed by atoms with Gasteiger partial charge in [-0.15, -0.1) is 5.10 Å². The van der Waals surface area contributed by atoms with Crippen LogP contribution < -0.4 is 5.43 Å². The van der Waals surface area contributed by atoms with Crippen LogP contribution >= 0.6 is 23.2 Å². The summed E-state index contributed by atoms with van der Waals surface area (Å²) in [4.78, 5) is 13.2. The highest BCUT2D eigenvalue weighted by Gasteiger charge is 2.15. The molecule has 1 rings (SSSR count). The second kappa shape index (κ2) is 7.21. The lowest BCUT2D eigenvalue weighted by atomic mass is 10.3. The minimum atomic E-state index is -0.516. The largest absolute Gasteiger partial charge is 0.460 e. The van der Waals surface area contributed by atoms with E-state index in [0.717, 1.165) is 0 Å². The third-order valence-electron chi connectivity index (χ3n) is 2.09. The number of hydrogen-bond acceptors (Lipinski definition) is 4. The fourth-order valence-electron chi connectivity index (χ4n) is 1.22. The normalized spacial score (nSPS) is 11.1. The summed E-state index contributed by atoms with van der Waals surface area (Å²) in [6.07, 6.45) is 0. The summed E-state index contributed by atoms with van der Waals surface area (Å²) < 4.78 is 4.90. The van der Waals surface area contributed by atoms with Crippen molar-refractivity contribution in [1.29, 1.82) is 0 Å². The fourth-order valence-corrected chi connectivity index (χ4v) is 1.55. The molecular weight excluding hydrogens is 289 g/mol. The van der Waals surface area contributed by atoms with Crippen molar-refractivity contribution in [2.45, 2.75) is 6.92 Å². The zero-order valence-electron chi connectivity index (χ0n) is 10.9. The Hall–Kier alpha value is -1.46. The molecule has 0 amide bonds. The van der Waals surface area contributed by atoms with Gasteiger partial charge in [0.15, 0.2) is 0 Å². The molecule has 0 atom stereocenters. The first-order chi connectivity index (χ1) is 8.95. The lowest BCUT2D eigenvalue weighted by Crippen LogP contribution is -2.32. The molecule has 0 unspecified atom stereocenters. The topological polar surface area (TPSA) is 53.9 Å². The van der Waals surface area contributed by atoms with Crippen molar-refractivity contribution >= 4 is 40.7 Å². The molecule has 7 heteroatoms. The average Bonchev–Trinajstić information content (AvgIpc) is 2.33. The Bertz CT molecular complexity index is 490. The summed E-state index contributed by atoms with van der Waals surface area (Å²) in [7, 11) is 3.38. The van der Waals surface area contributed by atoms with Crippen LogP contribution in [-0.4, -0.2) is 37.4 Å². The molecule has 5 nitrogen and oxygen atoms in total. The number of carbonyl (C=O) groups is 1. The molecule has 0 aliphatic rings. The number of nitrogens with one attached hydrogen (secondary N) is 1. The number of rotatable bonds is 3. The van der Waals surface area contributed by atoms with Crippen molar-refractivity contribution in [2.75, 3.05) is 26.1 Å². The van der Waals surface area contributed by atoms with Crippen LogP contribution in [0.15, 0.2) is 23.3 Å². The van der Waals surface area contributed by atoms with Gasteiger partial charge in [-0.25, -0.2) is 4.79 Å². The summed E-state index contributed by atoms with van der Waals surface area (Å²) >= 11 is 11.8. The maximum Gasteiger partial charge on any atom is 0.375 e. The molecule has 0 heterocycles. The van der Waals surface area contributed by atoms with E-state index in [1.54, 1.807) is 44.1 Å². The zero-order valence-corrected chi connectivity index (χ0v) is 12.4. The van der Waals surface area contributed by atoms with Crippen molar-refractivity contribution in [3.8, 4) is 0 Å². The molecule has 104 valence electrons. The Morgan fingerprint density at radius 2 is 2.11 bits per heavy atom. The standard InChI is InChI=1S/C12H15Cl2N3O2/c1-4-19-12(18)11(17(2)3)16-15-10-7-8(13)5-6-9(10)14/h5-7,15H,4H2,1-3H3. The molecule has 1 aromatic rings. The first-order valence-corrected chi connectivity index (χ1v) is 6.34. The van der Waals surface area contributed by atoms with Gasteiger partial charge in [0.25, 0.3) is 0 Å². The number of halogens is 2. The van der Waals surface area contributed by atoms with Crippen molar-refractivity contribution in [3.05, 3.63) is 28.2 Å². The van der Waals surface area contributed by atoms with Crippen LogP contribution in [-0.2, 0) is 9.53 Å². The summed E-state index contributed by atoms with van der Waals surface area (Å²) in [5.74, 6) is -0.379. The van der Waals surface area contributed by atoms with E-state index in [0.29, 0.717) is 15.7 Å². The molecule has 0 aliphatic carbocycles. The second-order valence-corrected chi connectivity index (χ2v) is 4.63. The summed E-state index contributed by atoms with van der Waals surface area (Å²) in [5, 5.41) is 4.96. The zero-order chi connectivity index (χ0) is 14.4. The second-order valence-electron chi connectivity index (χ2n) is 3.79. The van der Waals surface area contributed by atoms with E-state index in [4.69, 9.17) is 27.9 Å². The third-order valence-corrected chi connectivity index (χ3v) is 2.66. The predicted octanol–water partition coefficient (Wildman–Crippen LogP) is 2.84. The van der Waals surface area contributed by atoms with Crippen LogP contribution in [0.25, 0.3) is 0 Å². The van der Waals surface area contributed by atoms with Crippen LogP contribution in [0.4, 0.5) is 5.69 Å². The average molecular weight is 304 g/mol. The number of hydrogen-bond donors (Lipinski definition) is 1. The number of anilines is 1. The highest BCUT2D eigenvalue weighted by atomic mass is 35.5. The predicted molar refractivity (Wildman–Crippen MR) is 77.8 cm³/mol. The Kier molecular flexibility index (Phi) is 5.92. The number of carbonyl (C=O) groups excluding carboxylic acids is 1. The molecule has 1 aromatic carbocycles. The van der Waals surface area contributed by atoms with Crippen molar-refractivity contribution in [1.82, 2.24) is 4.90 Å². The number of likely N-dealkylation sites (N-methyl/N-ethyl adjacent to an activating group) is 1.